The van der Waals surface area contributed by atoms with Crippen molar-refractivity contribution in [3.05, 3.63) is 24.3 Å². The molecule has 114 valence electrons. The Morgan fingerprint density at radius 2 is 2.14 bits per heavy atom. The molecule has 21 heavy (non-hydrogen) atoms. The van der Waals surface area contributed by atoms with Crippen molar-refractivity contribution in [2.45, 2.75) is 13.0 Å². The zero-order chi connectivity index (χ0) is 15.2. The number of anilines is 1. The van der Waals surface area contributed by atoms with E-state index in [1.54, 1.807) is 38.3 Å². The van der Waals surface area contributed by atoms with E-state index >= 15 is 0 Å². The van der Waals surface area contributed by atoms with E-state index in [4.69, 9.17) is 14.2 Å². The van der Waals surface area contributed by atoms with Crippen LogP contribution in [0.4, 0.5) is 15.3 Å². The molecule has 7 heteroatoms. The molecule has 1 aromatic carbocycles. The third-order valence-corrected chi connectivity index (χ3v) is 3.01. The van der Waals surface area contributed by atoms with Gasteiger partial charge in [0.05, 0.1) is 26.8 Å². The number of hydrogen-bond acceptors (Lipinski definition) is 5. The van der Waals surface area contributed by atoms with Crippen LogP contribution in [-0.4, -0.2) is 45.1 Å². The van der Waals surface area contributed by atoms with Gasteiger partial charge in [0.1, 0.15) is 11.9 Å². The molecular weight excluding hydrogens is 276 g/mol. The Morgan fingerprint density at radius 3 is 2.76 bits per heavy atom. The average Bonchev–Trinajstić information content (AvgIpc) is 2.87. The first kappa shape index (κ1) is 15.0. The third kappa shape index (κ3) is 3.77. The number of carbonyl (C=O) groups is 2. The molecule has 1 aromatic rings. The largest absolute Gasteiger partial charge is 0.497 e. The molecule has 2 amide bonds. The Balaban J connectivity index is 1.91. The van der Waals surface area contributed by atoms with Gasteiger partial charge < -0.3 is 19.5 Å². The number of amides is 2. The number of carbonyl (C=O) groups excluding carboxylic acids is 2. The van der Waals surface area contributed by atoms with E-state index in [-0.39, 0.29) is 6.54 Å². The number of cyclic esters (lactones) is 1. The number of nitrogens with one attached hydrogen (secondary N) is 1. The molecule has 0 radical (unpaired) electrons. The van der Waals surface area contributed by atoms with Crippen molar-refractivity contribution in [2.75, 3.05) is 31.7 Å². The van der Waals surface area contributed by atoms with Crippen LogP contribution in [0.2, 0.25) is 0 Å². The number of nitrogens with zero attached hydrogens (tertiary/aromatic N) is 1. The van der Waals surface area contributed by atoms with Crippen LogP contribution in [0.15, 0.2) is 24.3 Å². The lowest BCUT2D eigenvalue weighted by Gasteiger charge is -2.13. The molecule has 1 heterocycles. The Bertz CT molecular complexity index is 503. The first-order valence-corrected chi connectivity index (χ1v) is 6.67. The summed E-state index contributed by atoms with van der Waals surface area (Å²) >= 11 is 0. The number of benzene rings is 1. The van der Waals surface area contributed by atoms with Crippen molar-refractivity contribution in [3.8, 4) is 5.75 Å². The predicted octanol–water partition coefficient (Wildman–Crippen LogP) is 1.77. The van der Waals surface area contributed by atoms with Crippen molar-refractivity contribution in [1.82, 2.24) is 5.32 Å². The van der Waals surface area contributed by atoms with Gasteiger partial charge in [0.2, 0.25) is 0 Å². The van der Waals surface area contributed by atoms with Crippen LogP contribution in [0.5, 0.6) is 5.75 Å². The Hall–Kier alpha value is -2.44. The zero-order valence-electron chi connectivity index (χ0n) is 12.0. The Morgan fingerprint density at radius 1 is 1.43 bits per heavy atom. The molecule has 2 rings (SSSR count). The molecule has 1 N–H and O–H groups in total. The molecule has 7 nitrogen and oxygen atoms in total. The van der Waals surface area contributed by atoms with Gasteiger partial charge in [0.25, 0.3) is 0 Å². The lowest BCUT2D eigenvalue weighted by atomic mass is 10.2. The van der Waals surface area contributed by atoms with E-state index in [0.29, 0.717) is 18.9 Å². The van der Waals surface area contributed by atoms with Crippen LogP contribution in [-0.2, 0) is 9.47 Å². The number of methoxy groups -OCH3 is 1. The Labute approximate surface area is 122 Å². The summed E-state index contributed by atoms with van der Waals surface area (Å²) in [5.41, 5.74) is 0.722. The molecule has 0 aromatic heterocycles. The summed E-state index contributed by atoms with van der Waals surface area (Å²) in [4.78, 5) is 24.6. The molecule has 0 spiro atoms. The van der Waals surface area contributed by atoms with Gasteiger partial charge in [-0.25, -0.2) is 9.59 Å². The van der Waals surface area contributed by atoms with Crippen molar-refractivity contribution in [2.24, 2.45) is 0 Å². The predicted molar refractivity (Wildman–Crippen MR) is 75.6 cm³/mol. The average molecular weight is 294 g/mol. The van der Waals surface area contributed by atoms with Crippen molar-refractivity contribution >= 4 is 17.9 Å². The van der Waals surface area contributed by atoms with E-state index in [1.165, 1.54) is 4.90 Å². The number of alkyl carbamates (subject to hydrolysis) is 1. The maximum Gasteiger partial charge on any atom is 0.414 e. The van der Waals surface area contributed by atoms with Gasteiger partial charge in [-0.2, -0.15) is 0 Å². The number of ether oxygens (including phenoxy) is 3. The monoisotopic (exact) mass is 294 g/mol. The normalized spacial score (nSPS) is 17.3. The van der Waals surface area contributed by atoms with Gasteiger partial charge in [-0.05, 0) is 31.2 Å². The molecule has 1 aliphatic rings. The second kappa shape index (κ2) is 6.83. The summed E-state index contributed by atoms with van der Waals surface area (Å²) in [7, 11) is 1.58. The molecule has 1 saturated heterocycles. The van der Waals surface area contributed by atoms with Gasteiger partial charge in [-0.1, -0.05) is 0 Å². The number of rotatable bonds is 5. The van der Waals surface area contributed by atoms with Gasteiger partial charge in [0, 0.05) is 5.69 Å². The molecule has 0 saturated carbocycles. The van der Waals surface area contributed by atoms with Gasteiger partial charge in [0.15, 0.2) is 0 Å². The summed E-state index contributed by atoms with van der Waals surface area (Å²) in [6, 6.07) is 7.10. The SMILES string of the molecule is CCOC(=O)NCC1CN(c2ccc(OC)cc2)C(=O)O1. The van der Waals surface area contributed by atoms with Crippen LogP contribution < -0.4 is 15.0 Å². The highest BCUT2D eigenvalue weighted by Crippen LogP contribution is 2.23. The van der Waals surface area contributed by atoms with Gasteiger partial charge in [-0.15, -0.1) is 0 Å². The molecule has 0 aliphatic carbocycles. The van der Waals surface area contributed by atoms with E-state index < -0.39 is 18.3 Å². The number of hydrogen-bond donors (Lipinski definition) is 1. The lowest BCUT2D eigenvalue weighted by Crippen LogP contribution is -2.34. The van der Waals surface area contributed by atoms with Crippen LogP contribution in [0.25, 0.3) is 0 Å². The maximum absolute atomic E-state index is 11.8. The fraction of sp³-hybridized carbons (Fsp3) is 0.429. The summed E-state index contributed by atoms with van der Waals surface area (Å²) < 4.78 is 15.0. The summed E-state index contributed by atoms with van der Waals surface area (Å²) in [5, 5.41) is 2.55. The minimum Gasteiger partial charge on any atom is -0.497 e. The van der Waals surface area contributed by atoms with E-state index in [2.05, 4.69) is 5.32 Å². The standard InChI is InChI=1S/C14H18N2O5/c1-3-20-13(17)15-8-12-9-16(14(18)21-12)10-4-6-11(19-2)7-5-10/h4-7,12H,3,8-9H2,1-2H3,(H,15,17). The molecular formula is C14H18N2O5. The lowest BCUT2D eigenvalue weighted by molar-refractivity contribution is 0.127. The van der Waals surface area contributed by atoms with Gasteiger partial charge in [-0.3, -0.25) is 4.90 Å². The summed E-state index contributed by atoms with van der Waals surface area (Å²) in [6.07, 6.45) is -1.35. The van der Waals surface area contributed by atoms with Crippen molar-refractivity contribution in [3.63, 3.8) is 0 Å². The van der Waals surface area contributed by atoms with Crippen LogP contribution in [0.1, 0.15) is 6.92 Å². The summed E-state index contributed by atoms with van der Waals surface area (Å²) in [6.45, 7) is 2.61. The smallest absolute Gasteiger partial charge is 0.414 e. The quantitative estimate of drug-likeness (QED) is 0.895. The van der Waals surface area contributed by atoms with E-state index in [0.717, 1.165) is 5.69 Å². The third-order valence-electron chi connectivity index (χ3n) is 3.01. The second-order valence-corrected chi connectivity index (χ2v) is 4.42. The van der Waals surface area contributed by atoms with Crippen molar-refractivity contribution < 1.29 is 23.8 Å². The van der Waals surface area contributed by atoms with Gasteiger partial charge >= 0.3 is 12.2 Å². The Kier molecular flexibility index (Phi) is 4.86. The molecule has 1 unspecified atom stereocenters. The topological polar surface area (TPSA) is 77.1 Å². The maximum atomic E-state index is 11.8. The summed E-state index contributed by atoms with van der Waals surface area (Å²) in [5.74, 6) is 0.715. The van der Waals surface area contributed by atoms with E-state index in [9.17, 15) is 9.59 Å². The molecule has 0 bridgehead atoms. The minimum absolute atomic E-state index is 0.219. The fourth-order valence-corrected chi connectivity index (χ4v) is 1.98. The fourth-order valence-electron chi connectivity index (χ4n) is 1.98. The van der Waals surface area contributed by atoms with E-state index in [1.807, 2.05) is 0 Å². The first-order chi connectivity index (χ1) is 10.1. The van der Waals surface area contributed by atoms with Crippen LogP contribution >= 0.6 is 0 Å². The van der Waals surface area contributed by atoms with Crippen LogP contribution in [0, 0.1) is 0 Å². The molecule has 1 atom stereocenters. The molecule has 1 aliphatic heterocycles. The highest BCUT2D eigenvalue weighted by atomic mass is 16.6. The van der Waals surface area contributed by atoms with Crippen LogP contribution in [0.3, 0.4) is 0 Å². The molecule has 1 fully saturated rings. The van der Waals surface area contributed by atoms with Crippen molar-refractivity contribution in [1.29, 1.82) is 0 Å². The highest BCUT2D eigenvalue weighted by Gasteiger charge is 2.32. The zero-order valence-corrected chi connectivity index (χ0v) is 12.0. The second-order valence-electron chi connectivity index (χ2n) is 4.42. The minimum atomic E-state index is -0.517. The first-order valence-electron chi connectivity index (χ1n) is 6.67. The highest BCUT2D eigenvalue weighted by molar-refractivity contribution is 5.89.